The molecule has 2 N–H and O–H groups in total. The molecule has 0 aliphatic carbocycles. The summed E-state index contributed by atoms with van der Waals surface area (Å²) in [5, 5.41) is 16.9. The van der Waals surface area contributed by atoms with Crippen LogP contribution in [0.5, 0.6) is 0 Å². The number of benzene rings is 2. The maximum Gasteiger partial charge on any atom is 0.255 e. The zero-order valence-corrected chi connectivity index (χ0v) is 20.8. The summed E-state index contributed by atoms with van der Waals surface area (Å²) in [4.78, 5) is 25.3. The molecule has 35 heavy (non-hydrogen) atoms. The summed E-state index contributed by atoms with van der Waals surface area (Å²) in [5.74, 6) is -0.202. The molecule has 3 aliphatic heterocycles. The highest BCUT2D eigenvalue weighted by Gasteiger charge is 2.39. The summed E-state index contributed by atoms with van der Waals surface area (Å²) in [7, 11) is 0. The van der Waals surface area contributed by atoms with E-state index >= 15 is 0 Å². The minimum Gasteiger partial charge on any atom is -0.379 e. The molecule has 3 aromatic rings. The van der Waals surface area contributed by atoms with Gasteiger partial charge >= 0.3 is 0 Å². The highest BCUT2D eigenvalue weighted by molar-refractivity contribution is 8.00. The van der Waals surface area contributed by atoms with E-state index in [0.29, 0.717) is 13.1 Å². The molecule has 1 aromatic heterocycles. The molecule has 1 saturated heterocycles. The van der Waals surface area contributed by atoms with E-state index in [1.54, 1.807) is 23.6 Å². The lowest BCUT2D eigenvalue weighted by atomic mass is 10.0. The topological polar surface area (TPSA) is 71.9 Å². The van der Waals surface area contributed by atoms with Crippen LogP contribution in [0.4, 0.5) is 11.4 Å². The van der Waals surface area contributed by atoms with Crippen LogP contribution in [0, 0.1) is 0 Å². The van der Waals surface area contributed by atoms with Gasteiger partial charge in [-0.2, -0.15) is 0 Å². The van der Waals surface area contributed by atoms with Gasteiger partial charge in [0.15, 0.2) is 5.60 Å². The van der Waals surface area contributed by atoms with E-state index in [4.69, 9.17) is 0 Å². The number of carbonyl (C=O) groups excluding carboxylic acids is 1. The van der Waals surface area contributed by atoms with Crippen molar-refractivity contribution in [3.8, 4) is 0 Å². The molecule has 3 aliphatic rings. The molecule has 182 valence electrons. The molecule has 0 saturated carbocycles. The third-order valence-electron chi connectivity index (χ3n) is 7.38. The number of aromatic nitrogens is 1. The summed E-state index contributed by atoms with van der Waals surface area (Å²) in [6, 6.07) is 14.8. The lowest BCUT2D eigenvalue weighted by Gasteiger charge is -2.40. The predicted molar refractivity (Wildman–Crippen MR) is 141 cm³/mol. The van der Waals surface area contributed by atoms with Crippen LogP contribution in [0.25, 0.3) is 10.8 Å². The van der Waals surface area contributed by atoms with Gasteiger partial charge in [0, 0.05) is 73.0 Å². The molecule has 0 radical (unpaired) electrons. The van der Waals surface area contributed by atoms with Crippen LogP contribution in [-0.4, -0.2) is 71.3 Å². The molecule has 4 heterocycles. The van der Waals surface area contributed by atoms with E-state index in [9.17, 15) is 9.90 Å². The number of nitrogens with zero attached hydrogens (tertiary/aromatic N) is 4. The number of amides is 1. The van der Waals surface area contributed by atoms with Gasteiger partial charge in [-0.3, -0.25) is 15.1 Å². The third-order valence-corrected chi connectivity index (χ3v) is 8.61. The zero-order chi connectivity index (χ0) is 24.0. The molecule has 1 unspecified atom stereocenters. The van der Waals surface area contributed by atoms with Gasteiger partial charge in [-0.05, 0) is 43.5 Å². The smallest absolute Gasteiger partial charge is 0.255 e. The Morgan fingerprint density at radius 1 is 1.14 bits per heavy atom. The Morgan fingerprint density at radius 2 is 1.97 bits per heavy atom. The van der Waals surface area contributed by atoms with Crippen LogP contribution < -0.4 is 15.1 Å². The van der Waals surface area contributed by atoms with E-state index in [1.165, 1.54) is 27.2 Å². The maximum atomic E-state index is 13.3. The first-order valence-electron chi connectivity index (χ1n) is 12.4. The largest absolute Gasteiger partial charge is 0.379 e. The van der Waals surface area contributed by atoms with Crippen molar-refractivity contribution in [1.29, 1.82) is 0 Å². The molecule has 6 rings (SSSR count). The van der Waals surface area contributed by atoms with Crippen LogP contribution in [0.2, 0.25) is 0 Å². The average Bonchev–Trinajstić information content (AvgIpc) is 3.26. The molecule has 8 heteroatoms. The second kappa shape index (κ2) is 9.00. The van der Waals surface area contributed by atoms with Crippen LogP contribution in [0.15, 0.2) is 59.8 Å². The SMILES string of the molecule is C[C@](O)(CNC1Sc2cccc3c2N1CCC3)C(=O)N1CCN(c2cccc3cnccc23)CC1. The minimum atomic E-state index is -1.46. The van der Waals surface area contributed by atoms with Crippen molar-refractivity contribution in [2.75, 3.05) is 49.1 Å². The van der Waals surface area contributed by atoms with Gasteiger partial charge in [-0.15, -0.1) is 0 Å². The number of carbonyl (C=O) groups is 1. The van der Waals surface area contributed by atoms with Gasteiger partial charge in [-0.1, -0.05) is 36.0 Å². The van der Waals surface area contributed by atoms with Crippen LogP contribution >= 0.6 is 11.8 Å². The number of aliphatic hydroxyl groups is 1. The first kappa shape index (κ1) is 22.6. The first-order chi connectivity index (χ1) is 17.0. The standard InChI is InChI=1S/C27H31N5O2S/c1-27(34,18-29-26-32-12-4-7-19-5-3-9-23(35-26)24(19)32)25(33)31-15-13-30(14-16-31)22-8-2-6-20-17-28-11-10-21(20)22/h2-3,5-6,8-11,17,26,29,34H,4,7,12-16,18H2,1H3/t26?,27-/m0/s1. The number of piperazine rings is 1. The van der Waals surface area contributed by atoms with E-state index in [-0.39, 0.29) is 17.9 Å². The quantitative estimate of drug-likeness (QED) is 0.571. The number of hydrogen-bond acceptors (Lipinski definition) is 7. The number of aryl methyl sites for hydroxylation is 1. The van der Waals surface area contributed by atoms with E-state index in [1.807, 2.05) is 18.5 Å². The van der Waals surface area contributed by atoms with Gasteiger partial charge in [0.2, 0.25) is 0 Å². The lowest BCUT2D eigenvalue weighted by Crippen LogP contribution is -2.59. The summed E-state index contributed by atoms with van der Waals surface area (Å²) >= 11 is 1.78. The number of thioether (sulfide) groups is 1. The molecule has 0 spiro atoms. The number of hydrogen-bond donors (Lipinski definition) is 2. The predicted octanol–water partition coefficient (Wildman–Crippen LogP) is 3.07. The molecule has 0 bridgehead atoms. The van der Waals surface area contributed by atoms with Gasteiger partial charge in [0.1, 0.15) is 5.50 Å². The summed E-state index contributed by atoms with van der Waals surface area (Å²) in [6.45, 7) is 5.52. The Balaban J connectivity index is 1.08. The fraction of sp³-hybridized carbons (Fsp3) is 0.407. The Bertz CT molecular complexity index is 1250. The normalized spacial score (nSPS) is 21.2. The molecule has 7 nitrogen and oxygen atoms in total. The Hall–Kier alpha value is -2.81. The second-order valence-corrected chi connectivity index (χ2v) is 11.0. The third kappa shape index (κ3) is 4.13. The number of rotatable bonds is 5. The highest BCUT2D eigenvalue weighted by atomic mass is 32.2. The van der Waals surface area contributed by atoms with Crippen molar-refractivity contribution in [2.45, 2.75) is 35.8 Å². The molecular weight excluding hydrogens is 458 g/mol. The van der Waals surface area contributed by atoms with Gasteiger partial charge < -0.3 is 19.8 Å². The second-order valence-electron chi connectivity index (χ2n) is 9.84. The number of para-hydroxylation sites is 1. The van der Waals surface area contributed by atoms with E-state index in [0.717, 1.165) is 37.9 Å². The van der Waals surface area contributed by atoms with Crippen molar-refractivity contribution in [3.63, 3.8) is 0 Å². The van der Waals surface area contributed by atoms with Gasteiger partial charge in [-0.25, -0.2) is 0 Å². The van der Waals surface area contributed by atoms with E-state index < -0.39 is 5.60 Å². The zero-order valence-electron chi connectivity index (χ0n) is 20.0. The molecule has 2 aromatic carbocycles. The van der Waals surface area contributed by atoms with Crippen molar-refractivity contribution >= 4 is 39.8 Å². The van der Waals surface area contributed by atoms with Crippen molar-refractivity contribution in [1.82, 2.24) is 15.2 Å². The maximum absolute atomic E-state index is 13.3. The van der Waals surface area contributed by atoms with Gasteiger partial charge in [0.25, 0.3) is 5.91 Å². The molecular formula is C27H31N5O2S. The number of fused-ring (bicyclic) bond motifs is 1. The minimum absolute atomic E-state index is 0.0448. The fourth-order valence-electron chi connectivity index (χ4n) is 5.55. The first-order valence-corrected chi connectivity index (χ1v) is 13.3. The molecule has 1 fully saturated rings. The lowest BCUT2D eigenvalue weighted by molar-refractivity contribution is -0.149. The van der Waals surface area contributed by atoms with Crippen molar-refractivity contribution in [3.05, 3.63) is 60.4 Å². The van der Waals surface area contributed by atoms with E-state index in [2.05, 4.69) is 56.5 Å². The number of pyridine rings is 1. The average molecular weight is 490 g/mol. The Morgan fingerprint density at radius 3 is 2.83 bits per heavy atom. The fourth-order valence-corrected chi connectivity index (χ4v) is 6.81. The number of anilines is 2. The summed E-state index contributed by atoms with van der Waals surface area (Å²) < 4.78 is 0. The number of nitrogens with one attached hydrogen (secondary N) is 1. The van der Waals surface area contributed by atoms with Crippen LogP contribution in [0.3, 0.4) is 0 Å². The summed E-state index contributed by atoms with van der Waals surface area (Å²) in [5.41, 5.74) is 2.48. The molecule has 1 amide bonds. The Labute approximate surface area is 210 Å². The van der Waals surface area contributed by atoms with Gasteiger partial charge in [0.05, 0.1) is 5.69 Å². The Kier molecular flexibility index (Phi) is 5.82. The van der Waals surface area contributed by atoms with Crippen molar-refractivity contribution in [2.24, 2.45) is 0 Å². The monoisotopic (exact) mass is 489 g/mol. The van der Waals surface area contributed by atoms with Crippen LogP contribution in [-0.2, 0) is 11.2 Å². The molecule has 2 atom stereocenters. The van der Waals surface area contributed by atoms with Crippen molar-refractivity contribution < 1.29 is 9.90 Å². The highest BCUT2D eigenvalue weighted by Crippen LogP contribution is 2.46. The van der Waals surface area contributed by atoms with Crippen LogP contribution in [0.1, 0.15) is 18.9 Å². The summed E-state index contributed by atoms with van der Waals surface area (Å²) in [6.07, 6.45) is 5.95.